The molecule has 1 saturated heterocycles. The Bertz CT molecular complexity index is 564. The number of hydrogen-bond acceptors (Lipinski definition) is 3. The lowest BCUT2D eigenvalue weighted by Gasteiger charge is -2.38. The van der Waals surface area contributed by atoms with Crippen LogP contribution in [0.25, 0.3) is 0 Å². The Morgan fingerprint density at radius 2 is 2.00 bits per heavy atom. The molecule has 0 radical (unpaired) electrons. The van der Waals surface area contributed by atoms with Gasteiger partial charge in [0.2, 0.25) is 5.91 Å². The van der Waals surface area contributed by atoms with Gasteiger partial charge in [-0.15, -0.1) is 0 Å². The fourth-order valence-electron chi connectivity index (χ4n) is 3.88. The number of benzene rings is 1. The van der Waals surface area contributed by atoms with E-state index in [9.17, 15) is 14.3 Å². The summed E-state index contributed by atoms with van der Waals surface area (Å²) in [4.78, 5) is 14.3. The number of halogens is 1. The highest BCUT2D eigenvalue weighted by molar-refractivity contribution is 5.78. The van der Waals surface area contributed by atoms with E-state index in [1.165, 1.54) is 25.0 Å². The van der Waals surface area contributed by atoms with Gasteiger partial charge in [-0.05, 0) is 43.4 Å². The molecule has 3 rings (SSSR count). The number of rotatable bonds is 5. The summed E-state index contributed by atoms with van der Waals surface area (Å²) in [5, 5.41) is 13.8. The zero-order valence-corrected chi connectivity index (χ0v) is 14.1. The number of piperidine rings is 1. The van der Waals surface area contributed by atoms with Gasteiger partial charge in [0.15, 0.2) is 0 Å². The Hall–Kier alpha value is -1.46. The van der Waals surface area contributed by atoms with Crippen LogP contribution in [-0.2, 0) is 10.4 Å². The molecule has 1 saturated carbocycles. The number of carbonyl (C=O) groups is 1. The average Bonchev–Trinajstić information content (AvgIpc) is 3.11. The molecule has 1 aliphatic heterocycles. The second-order valence-electron chi connectivity index (χ2n) is 7.16. The summed E-state index contributed by atoms with van der Waals surface area (Å²) in [6, 6.07) is 6.26. The first-order chi connectivity index (χ1) is 11.6. The summed E-state index contributed by atoms with van der Waals surface area (Å²) in [6.45, 7) is 2.98. The molecule has 2 N–H and O–H groups in total. The number of hydrogen-bond donors (Lipinski definition) is 2. The van der Waals surface area contributed by atoms with Crippen molar-refractivity contribution in [3.05, 3.63) is 35.6 Å². The maximum absolute atomic E-state index is 13.4. The second kappa shape index (κ2) is 7.62. The molecular weight excluding hydrogens is 307 g/mol. The molecule has 1 amide bonds. The first kappa shape index (κ1) is 17.4. The van der Waals surface area contributed by atoms with Crippen LogP contribution in [0.2, 0.25) is 0 Å². The van der Waals surface area contributed by atoms with Gasteiger partial charge in [0.05, 0.1) is 5.60 Å². The molecule has 2 aliphatic rings. The van der Waals surface area contributed by atoms with Crippen LogP contribution in [0.15, 0.2) is 24.3 Å². The minimum atomic E-state index is -0.939. The van der Waals surface area contributed by atoms with Gasteiger partial charge >= 0.3 is 0 Å². The lowest BCUT2D eigenvalue weighted by atomic mass is 9.84. The third-order valence-electron chi connectivity index (χ3n) is 5.50. The number of amides is 1. The van der Waals surface area contributed by atoms with E-state index in [2.05, 4.69) is 10.2 Å². The van der Waals surface area contributed by atoms with Gasteiger partial charge in [0, 0.05) is 32.1 Å². The van der Waals surface area contributed by atoms with Crippen LogP contribution in [0.4, 0.5) is 4.39 Å². The third kappa shape index (κ3) is 4.14. The Kier molecular flexibility index (Phi) is 5.51. The molecule has 132 valence electrons. The highest BCUT2D eigenvalue weighted by atomic mass is 19.1. The SMILES string of the molecule is O=C(NCCN1CCC(O)(c2cccc(F)c2)CC1)C1CCCC1. The van der Waals surface area contributed by atoms with Gasteiger partial charge in [-0.1, -0.05) is 25.0 Å². The number of nitrogens with one attached hydrogen (secondary N) is 1. The zero-order valence-electron chi connectivity index (χ0n) is 14.1. The molecule has 24 heavy (non-hydrogen) atoms. The van der Waals surface area contributed by atoms with Gasteiger partial charge < -0.3 is 15.3 Å². The van der Waals surface area contributed by atoms with Crippen LogP contribution in [0.1, 0.15) is 44.1 Å². The molecule has 0 aromatic heterocycles. The van der Waals surface area contributed by atoms with Gasteiger partial charge in [0.1, 0.15) is 5.82 Å². The van der Waals surface area contributed by atoms with E-state index >= 15 is 0 Å². The van der Waals surface area contributed by atoms with E-state index in [1.807, 2.05) is 0 Å². The highest BCUT2D eigenvalue weighted by Crippen LogP contribution is 2.32. The summed E-state index contributed by atoms with van der Waals surface area (Å²) in [5.74, 6) is 0.100. The number of carbonyl (C=O) groups excluding carboxylic acids is 1. The minimum Gasteiger partial charge on any atom is -0.385 e. The first-order valence-electron chi connectivity index (χ1n) is 9.05. The van der Waals surface area contributed by atoms with Gasteiger partial charge in [-0.3, -0.25) is 4.79 Å². The fourth-order valence-corrected chi connectivity index (χ4v) is 3.88. The van der Waals surface area contributed by atoms with E-state index in [-0.39, 0.29) is 17.6 Å². The van der Waals surface area contributed by atoms with Crippen LogP contribution in [0, 0.1) is 11.7 Å². The Morgan fingerprint density at radius 3 is 2.67 bits per heavy atom. The zero-order chi connectivity index (χ0) is 17.0. The van der Waals surface area contributed by atoms with Crippen molar-refractivity contribution in [2.75, 3.05) is 26.2 Å². The van der Waals surface area contributed by atoms with Crippen LogP contribution in [0.3, 0.4) is 0 Å². The molecule has 1 heterocycles. The fraction of sp³-hybridized carbons (Fsp3) is 0.632. The maximum atomic E-state index is 13.4. The van der Waals surface area contributed by atoms with Crippen molar-refractivity contribution >= 4 is 5.91 Å². The molecule has 1 aromatic rings. The minimum absolute atomic E-state index is 0.195. The lowest BCUT2D eigenvalue weighted by molar-refractivity contribution is -0.124. The number of nitrogens with zero attached hydrogens (tertiary/aromatic N) is 1. The van der Waals surface area contributed by atoms with Crippen molar-refractivity contribution in [1.29, 1.82) is 0 Å². The van der Waals surface area contributed by atoms with E-state index in [1.54, 1.807) is 12.1 Å². The van der Waals surface area contributed by atoms with Crippen molar-refractivity contribution in [2.45, 2.75) is 44.1 Å². The largest absolute Gasteiger partial charge is 0.385 e. The van der Waals surface area contributed by atoms with Gasteiger partial charge in [-0.25, -0.2) is 4.39 Å². The molecule has 0 unspecified atom stereocenters. The summed E-state index contributed by atoms with van der Waals surface area (Å²) >= 11 is 0. The molecule has 5 heteroatoms. The topological polar surface area (TPSA) is 52.6 Å². The van der Waals surface area contributed by atoms with Crippen LogP contribution < -0.4 is 5.32 Å². The van der Waals surface area contributed by atoms with E-state index in [4.69, 9.17) is 0 Å². The standard InChI is InChI=1S/C19H27FN2O2/c20-17-7-3-6-16(14-17)19(24)8-11-22(12-9-19)13-10-21-18(23)15-4-1-2-5-15/h3,6-7,14-15,24H,1-2,4-5,8-13H2,(H,21,23). The molecular formula is C19H27FN2O2. The van der Waals surface area contributed by atoms with E-state index in [0.717, 1.165) is 32.5 Å². The molecule has 0 bridgehead atoms. The van der Waals surface area contributed by atoms with Gasteiger partial charge in [-0.2, -0.15) is 0 Å². The Morgan fingerprint density at radius 1 is 1.29 bits per heavy atom. The lowest BCUT2D eigenvalue weighted by Crippen LogP contribution is -2.45. The molecule has 0 atom stereocenters. The van der Waals surface area contributed by atoms with Crippen molar-refractivity contribution < 1.29 is 14.3 Å². The normalized spacial score (nSPS) is 21.8. The van der Waals surface area contributed by atoms with E-state index in [0.29, 0.717) is 24.9 Å². The summed E-state index contributed by atoms with van der Waals surface area (Å²) < 4.78 is 13.4. The molecule has 0 spiro atoms. The summed E-state index contributed by atoms with van der Waals surface area (Å²) in [5.41, 5.74) is -0.275. The molecule has 2 fully saturated rings. The quantitative estimate of drug-likeness (QED) is 0.869. The Labute approximate surface area is 143 Å². The van der Waals surface area contributed by atoms with Crippen LogP contribution >= 0.6 is 0 Å². The van der Waals surface area contributed by atoms with Crippen molar-refractivity contribution in [3.8, 4) is 0 Å². The summed E-state index contributed by atoms with van der Waals surface area (Å²) in [6.07, 6.45) is 5.57. The smallest absolute Gasteiger partial charge is 0.223 e. The van der Waals surface area contributed by atoms with Crippen LogP contribution in [0.5, 0.6) is 0 Å². The average molecular weight is 334 g/mol. The second-order valence-corrected chi connectivity index (χ2v) is 7.16. The predicted octanol–water partition coefficient (Wildman–Crippen LogP) is 2.42. The maximum Gasteiger partial charge on any atom is 0.223 e. The van der Waals surface area contributed by atoms with Gasteiger partial charge in [0.25, 0.3) is 0 Å². The van der Waals surface area contributed by atoms with Crippen molar-refractivity contribution in [3.63, 3.8) is 0 Å². The van der Waals surface area contributed by atoms with Crippen molar-refractivity contribution in [1.82, 2.24) is 10.2 Å². The van der Waals surface area contributed by atoms with Crippen LogP contribution in [-0.4, -0.2) is 42.1 Å². The van der Waals surface area contributed by atoms with Crippen molar-refractivity contribution in [2.24, 2.45) is 5.92 Å². The first-order valence-corrected chi connectivity index (χ1v) is 9.05. The number of aliphatic hydroxyl groups is 1. The Balaban J connectivity index is 1.42. The molecule has 1 aliphatic carbocycles. The van der Waals surface area contributed by atoms with E-state index < -0.39 is 5.60 Å². The highest BCUT2D eigenvalue weighted by Gasteiger charge is 2.34. The number of likely N-dealkylation sites (tertiary alicyclic amines) is 1. The molecule has 4 nitrogen and oxygen atoms in total. The third-order valence-corrected chi connectivity index (χ3v) is 5.50. The predicted molar refractivity (Wildman–Crippen MR) is 90.9 cm³/mol. The summed E-state index contributed by atoms with van der Waals surface area (Å²) in [7, 11) is 0. The monoisotopic (exact) mass is 334 g/mol. The molecule has 1 aromatic carbocycles.